The molecule has 0 atom stereocenters. The van der Waals surface area contributed by atoms with Gasteiger partial charge < -0.3 is 10.4 Å². The van der Waals surface area contributed by atoms with Gasteiger partial charge in [-0.1, -0.05) is 0 Å². The fourth-order valence-electron chi connectivity index (χ4n) is 1.31. The molecular formula is C9H16N2O5S. The van der Waals surface area contributed by atoms with Crippen LogP contribution >= 0.6 is 0 Å². The minimum Gasteiger partial charge on any atom is -0.480 e. The van der Waals surface area contributed by atoms with E-state index in [1.807, 2.05) is 0 Å². The van der Waals surface area contributed by atoms with E-state index in [0.717, 1.165) is 4.31 Å². The highest BCUT2D eigenvalue weighted by molar-refractivity contribution is 7.89. The Hall–Kier alpha value is -1.15. The normalized spacial score (nSPS) is 17.8. The average molecular weight is 264 g/mol. The Bertz CT molecular complexity index is 425. The molecule has 7 nitrogen and oxygen atoms in total. The van der Waals surface area contributed by atoms with E-state index in [4.69, 9.17) is 5.11 Å². The van der Waals surface area contributed by atoms with E-state index in [1.165, 1.54) is 14.1 Å². The lowest BCUT2D eigenvalue weighted by atomic mass is 10.1. The maximum atomic E-state index is 11.5. The topological polar surface area (TPSA) is 104 Å². The van der Waals surface area contributed by atoms with Crippen molar-refractivity contribution >= 4 is 21.9 Å². The molecule has 0 aliphatic heterocycles. The summed E-state index contributed by atoms with van der Waals surface area (Å²) in [6.07, 6.45) is 0.628. The van der Waals surface area contributed by atoms with Gasteiger partial charge in [0.1, 0.15) is 5.41 Å². The first-order valence-electron chi connectivity index (χ1n) is 5.14. The molecule has 0 aromatic heterocycles. The Kier molecular flexibility index (Phi) is 3.78. The Balaban J connectivity index is 2.44. The summed E-state index contributed by atoms with van der Waals surface area (Å²) in [7, 11) is -0.569. The van der Waals surface area contributed by atoms with Crippen LogP contribution in [-0.4, -0.2) is 56.1 Å². The quantitative estimate of drug-likeness (QED) is 0.590. The van der Waals surface area contributed by atoms with Gasteiger partial charge in [-0.05, 0) is 12.8 Å². The van der Waals surface area contributed by atoms with E-state index >= 15 is 0 Å². The smallest absolute Gasteiger partial charge is 0.319 e. The third-order valence-corrected chi connectivity index (χ3v) is 4.63. The van der Waals surface area contributed by atoms with Crippen molar-refractivity contribution in [2.45, 2.75) is 12.8 Å². The molecule has 0 radical (unpaired) electrons. The summed E-state index contributed by atoms with van der Waals surface area (Å²) in [4.78, 5) is 22.3. The second-order valence-electron chi connectivity index (χ2n) is 4.24. The monoisotopic (exact) mass is 264 g/mol. The van der Waals surface area contributed by atoms with Crippen molar-refractivity contribution in [2.24, 2.45) is 5.41 Å². The van der Waals surface area contributed by atoms with Crippen LogP contribution < -0.4 is 5.32 Å². The van der Waals surface area contributed by atoms with E-state index < -0.39 is 27.3 Å². The van der Waals surface area contributed by atoms with Gasteiger partial charge in [-0.3, -0.25) is 9.59 Å². The van der Waals surface area contributed by atoms with Crippen LogP contribution in [0.2, 0.25) is 0 Å². The van der Waals surface area contributed by atoms with Crippen LogP contribution in [-0.2, 0) is 19.6 Å². The molecule has 1 rings (SSSR count). The van der Waals surface area contributed by atoms with E-state index in [1.54, 1.807) is 0 Å². The van der Waals surface area contributed by atoms with Gasteiger partial charge in [-0.25, -0.2) is 12.7 Å². The number of carbonyl (C=O) groups excluding carboxylic acids is 1. The summed E-state index contributed by atoms with van der Waals surface area (Å²) in [5.74, 6) is -1.98. The number of nitrogens with zero attached hydrogens (tertiary/aromatic N) is 1. The Labute approximate surface area is 99.8 Å². The number of nitrogens with one attached hydrogen (secondary N) is 1. The van der Waals surface area contributed by atoms with E-state index in [-0.39, 0.29) is 12.3 Å². The van der Waals surface area contributed by atoms with Crippen LogP contribution in [0.4, 0.5) is 0 Å². The highest BCUT2D eigenvalue weighted by atomic mass is 32.2. The van der Waals surface area contributed by atoms with Crippen molar-refractivity contribution in [1.82, 2.24) is 9.62 Å². The van der Waals surface area contributed by atoms with Gasteiger partial charge >= 0.3 is 5.97 Å². The minimum absolute atomic E-state index is 0.0750. The zero-order chi connectivity index (χ0) is 13.3. The van der Waals surface area contributed by atoms with Gasteiger partial charge in [0.2, 0.25) is 15.9 Å². The third kappa shape index (κ3) is 2.95. The number of rotatable bonds is 6. The zero-order valence-corrected chi connectivity index (χ0v) is 10.6. The Morgan fingerprint density at radius 3 is 2.24 bits per heavy atom. The molecule has 1 saturated carbocycles. The molecule has 0 aromatic rings. The molecule has 0 unspecified atom stereocenters. The maximum Gasteiger partial charge on any atom is 0.319 e. The van der Waals surface area contributed by atoms with Crippen molar-refractivity contribution in [3.8, 4) is 0 Å². The number of sulfonamides is 1. The van der Waals surface area contributed by atoms with E-state index in [9.17, 15) is 18.0 Å². The van der Waals surface area contributed by atoms with Crippen LogP contribution in [0.5, 0.6) is 0 Å². The standard InChI is InChI=1S/C9H16N2O5S/c1-11(2)17(15,16)6-5-10-7(12)9(3-4-9)8(13)14/h3-6H2,1-2H3,(H,10,12)(H,13,14). The lowest BCUT2D eigenvalue weighted by Gasteiger charge is -2.13. The molecule has 98 valence electrons. The van der Waals surface area contributed by atoms with Crippen molar-refractivity contribution in [3.05, 3.63) is 0 Å². The molecule has 0 bridgehead atoms. The summed E-state index contributed by atoms with van der Waals surface area (Å²) in [5.41, 5.74) is -1.32. The van der Waals surface area contributed by atoms with Crippen LogP contribution in [0.3, 0.4) is 0 Å². The van der Waals surface area contributed by atoms with E-state index in [0.29, 0.717) is 12.8 Å². The van der Waals surface area contributed by atoms with Gasteiger partial charge in [0, 0.05) is 20.6 Å². The molecule has 1 aliphatic carbocycles. The second kappa shape index (κ2) is 4.61. The molecule has 0 saturated heterocycles. The van der Waals surface area contributed by atoms with Crippen LogP contribution in [0.15, 0.2) is 0 Å². The summed E-state index contributed by atoms with van der Waals surface area (Å²) < 4.78 is 23.8. The van der Waals surface area contributed by atoms with Gasteiger partial charge in [0.05, 0.1) is 5.75 Å². The maximum absolute atomic E-state index is 11.5. The molecule has 8 heteroatoms. The Morgan fingerprint density at radius 2 is 1.88 bits per heavy atom. The predicted octanol–water partition coefficient (Wildman–Crippen LogP) is -1.14. The molecule has 0 aromatic carbocycles. The zero-order valence-electron chi connectivity index (χ0n) is 9.76. The molecule has 17 heavy (non-hydrogen) atoms. The fourth-order valence-corrected chi connectivity index (χ4v) is 2.03. The van der Waals surface area contributed by atoms with Crippen molar-refractivity contribution in [2.75, 3.05) is 26.4 Å². The second-order valence-corrected chi connectivity index (χ2v) is 6.54. The van der Waals surface area contributed by atoms with Crippen molar-refractivity contribution in [3.63, 3.8) is 0 Å². The largest absolute Gasteiger partial charge is 0.480 e. The highest BCUT2D eigenvalue weighted by Crippen LogP contribution is 2.45. The van der Waals surface area contributed by atoms with Gasteiger partial charge in [-0.2, -0.15) is 0 Å². The first-order valence-corrected chi connectivity index (χ1v) is 6.75. The summed E-state index contributed by atoms with van der Waals surface area (Å²) in [6, 6.07) is 0. The number of carbonyl (C=O) groups is 2. The predicted molar refractivity (Wildman–Crippen MR) is 59.8 cm³/mol. The average Bonchev–Trinajstić information content (AvgIpc) is 2.97. The summed E-state index contributed by atoms with van der Waals surface area (Å²) in [5, 5.41) is 11.2. The summed E-state index contributed by atoms with van der Waals surface area (Å²) >= 11 is 0. The number of hydrogen-bond acceptors (Lipinski definition) is 4. The molecule has 2 N–H and O–H groups in total. The SMILES string of the molecule is CN(C)S(=O)(=O)CCNC(=O)C1(C(=O)O)CC1. The summed E-state index contributed by atoms with van der Waals surface area (Å²) in [6.45, 7) is -0.0750. The molecule has 0 heterocycles. The number of carboxylic acids is 1. The molecule has 1 amide bonds. The number of amides is 1. The van der Waals surface area contributed by atoms with Crippen molar-refractivity contribution < 1.29 is 23.1 Å². The van der Waals surface area contributed by atoms with Gasteiger partial charge in [-0.15, -0.1) is 0 Å². The molecular weight excluding hydrogens is 248 g/mol. The van der Waals surface area contributed by atoms with Crippen molar-refractivity contribution in [1.29, 1.82) is 0 Å². The van der Waals surface area contributed by atoms with Crippen LogP contribution in [0, 0.1) is 5.41 Å². The number of aliphatic carboxylic acids is 1. The highest BCUT2D eigenvalue weighted by Gasteiger charge is 2.56. The van der Waals surface area contributed by atoms with E-state index in [2.05, 4.69) is 5.32 Å². The van der Waals surface area contributed by atoms with Gasteiger partial charge in [0.15, 0.2) is 0 Å². The minimum atomic E-state index is -3.37. The fraction of sp³-hybridized carbons (Fsp3) is 0.778. The van der Waals surface area contributed by atoms with Crippen LogP contribution in [0.1, 0.15) is 12.8 Å². The van der Waals surface area contributed by atoms with Gasteiger partial charge in [0.25, 0.3) is 0 Å². The number of hydrogen-bond donors (Lipinski definition) is 2. The lowest BCUT2D eigenvalue weighted by molar-refractivity contribution is -0.148. The molecule has 1 aliphatic rings. The first kappa shape index (κ1) is 13.9. The third-order valence-electron chi connectivity index (χ3n) is 2.80. The Morgan fingerprint density at radius 1 is 1.35 bits per heavy atom. The number of carboxylic acid groups (broad SMARTS) is 1. The van der Waals surface area contributed by atoms with Crippen LogP contribution in [0.25, 0.3) is 0 Å². The first-order chi connectivity index (χ1) is 7.72. The lowest BCUT2D eigenvalue weighted by Crippen LogP contribution is -2.40. The molecule has 0 spiro atoms. The molecule has 1 fully saturated rings.